The van der Waals surface area contributed by atoms with Crippen LogP contribution in [0.1, 0.15) is 69.6 Å². The molecule has 0 bridgehead atoms. The zero-order valence-corrected chi connectivity index (χ0v) is 25.5. The summed E-state index contributed by atoms with van der Waals surface area (Å²) in [5.74, 6) is -0.704. The molecule has 0 radical (unpaired) electrons. The first-order chi connectivity index (χ1) is 21.4. The van der Waals surface area contributed by atoms with Crippen molar-refractivity contribution in [2.75, 3.05) is 18.0 Å². The van der Waals surface area contributed by atoms with E-state index >= 15 is 0 Å². The highest BCUT2D eigenvalue weighted by Gasteiger charge is 2.54. The van der Waals surface area contributed by atoms with Gasteiger partial charge in [-0.3, -0.25) is 4.98 Å². The molecule has 6 rings (SSSR count). The van der Waals surface area contributed by atoms with Gasteiger partial charge < -0.3 is 18.9 Å². The fourth-order valence-electron chi connectivity index (χ4n) is 6.45. The molecule has 1 aliphatic rings. The molecule has 3 aromatic carbocycles. The Labute approximate surface area is 257 Å². The van der Waals surface area contributed by atoms with Crippen LogP contribution in [0.15, 0.2) is 91.6 Å². The summed E-state index contributed by atoms with van der Waals surface area (Å²) in [7, 11) is 0. The average molecular weight is 586 g/mol. The van der Waals surface area contributed by atoms with Gasteiger partial charge in [-0.15, -0.1) is 0 Å². The van der Waals surface area contributed by atoms with Gasteiger partial charge in [-0.05, 0) is 75.7 Å². The minimum atomic E-state index is -1.47. The van der Waals surface area contributed by atoms with Crippen LogP contribution in [0, 0.1) is 6.92 Å². The van der Waals surface area contributed by atoms with Gasteiger partial charge in [-0.25, -0.2) is 9.59 Å². The van der Waals surface area contributed by atoms with Gasteiger partial charge in [0.05, 0.1) is 11.1 Å². The van der Waals surface area contributed by atoms with E-state index < -0.39 is 17.5 Å². The Bertz CT molecular complexity index is 1900. The predicted molar refractivity (Wildman–Crippen MR) is 173 cm³/mol. The Morgan fingerprint density at radius 1 is 1.02 bits per heavy atom. The Kier molecular flexibility index (Phi) is 7.55. The summed E-state index contributed by atoms with van der Waals surface area (Å²) in [4.78, 5) is 34.3. The van der Waals surface area contributed by atoms with Crippen molar-refractivity contribution in [3.05, 3.63) is 131 Å². The Balaban J connectivity index is 1.66. The third-order valence-corrected chi connectivity index (χ3v) is 8.56. The SMILES string of the molecule is C=Cc1ccc(C(=O)Oc2cc(N(CC)CC)ccc2C2(c3c(C)n(CC)c4ccccc34)OC(=O)c3cccnc32)cc1. The maximum atomic E-state index is 13.7. The third kappa shape index (κ3) is 4.47. The van der Waals surface area contributed by atoms with Crippen LogP contribution in [0.25, 0.3) is 17.0 Å². The number of para-hydroxylation sites is 1. The van der Waals surface area contributed by atoms with Gasteiger partial charge >= 0.3 is 11.9 Å². The Hall–Kier alpha value is -5.17. The number of rotatable bonds is 9. The molecule has 0 spiro atoms. The number of hydrogen-bond donors (Lipinski definition) is 0. The van der Waals surface area contributed by atoms with Crippen molar-refractivity contribution in [2.24, 2.45) is 0 Å². The third-order valence-electron chi connectivity index (χ3n) is 8.56. The van der Waals surface area contributed by atoms with E-state index in [1.807, 2.05) is 55.5 Å². The molecule has 5 aromatic rings. The topological polar surface area (TPSA) is 73.7 Å². The van der Waals surface area contributed by atoms with E-state index in [1.165, 1.54) is 0 Å². The summed E-state index contributed by atoms with van der Waals surface area (Å²) >= 11 is 0. The largest absolute Gasteiger partial charge is 0.439 e. The number of pyridine rings is 1. The minimum Gasteiger partial charge on any atom is -0.439 e. The molecule has 0 N–H and O–H groups in total. The monoisotopic (exact) mass is 585 g/mol. The quantitative estimate of drug-likeness (QED) is 0.131. The number of cyclic esters (lactones) is 1. The molecule has 1 unspecified atom stereocenters. The molecule has 0 aliphatic carbocycles. The van der Waals surface area contributed by atoms with E-state index in [0.29, 0.717) is 28.1 Å². The minimum absolute atomic E-state index is 0.297. The van der Waals surface area contributed by atoms with Gasteiger partial charge in [0.15, 0.2) is 0 Å². The fourth-order valence-corrected chi connectivity index (χ4v) is 6.45. The molecule has 0 saturated carbocycles. The van der Waals surface area contributed by atoms with Crippen LogP contribution in [-0.2, 0) is 16.9 Å². The molecular weight excluding hydrogens is 550 g/mol. The molecule has 222 valence electrons. The number of carbonyl (C=O) groups excluding carboxylic acids is 2. The van der Waals surface area contributed by atoms with E-state index in [1.54, 1.807) is 36.5 Å². The van der Waals surface area contributed by atoms with Crippen molar-refractivity contribution in [2.45, 2.75) is 39.8 Å². The molecule has 0 saturated heterocycles. The van der Waals surface area contributed by atoms with Crippen molar-refractivity contribution >= 4 is 34.6 Å². The molecule has 1 aliphatic heterocycles. The second-order valence-corrected chi connectivity index (χ2v) is 10.8. The van der Waals surface area contributed by atoms with Gasteiger partial charge in [0.25, 0.3) is 0 Å². The highest BCUT2D eigenvalue weighted by molar-refractivity contribution is 5.99. The number of aryl methyl sites for hydroxylation is 1. The number of ether oxygens (including phenoxy) is 2. The Morgan fingerprint density at radius 3 is 2.48 bits per heavy atom. The lowest BCUT2D eigenvalue weighted by atomic mass is 9.80. The van der Waals surface area contributed by atoms with Crippen molar-refractivity contribution < 1.29 is 19.1 Å². The molecular formula is C37H35N3O4. The highest BCUT2D eigenvalue weighted by Crippen LogP contribution is 2.53. The maximum absolute atomic E-state index is 13.7. The summed E-state index contributed by atoms with van der Waals surface area (Å²) in [5.41, 5.74) is 4.83. The van der Waals surface area contributed by atoms with Gasteiger partial charge in [-0.1, -0.05) is 43.0 Å². The molecule has 7 nitrogen and oxygen atoms in total. The molecule has 3 heterocycles. The van der Waals surface area contributed by atoms with Crippen molar-refractivity contribution in [1.82, 2.24) is 9.55 Å². The van der Waals surface area contributed by atoms with Gasteiger partial charge in [0.1, 0.15) is 11.4 Å². The lowest BCUT2D eigenvalue weighted by Gasteiger charge is -2.32. The number of hydrogen-bond acceptors (Lipinski definition) is 6. The van der Waals surface area contributed by atoms with Crippen molar-refractivity contribution in [3.8, 4) is 5.75 Å². The maximum Gasteiger partial charge on any atom is 0.343 e. The first-order valence-electron chi connectivity index (χ1n) is 15.0. The molecule has 0 fully saturated rings. The van der Waals surface area contributed by atoms with Gasteiger partial charge in [0, 0.05) is 65.3 Å². The summed E-state index contributed by atoms with van der Waals surface area (Å²) < 4.78 is 15.0. The van der Waals surface area contributed by atoms with Gasteiger partial charge in [0.2, 0.25) is 5.60 Å². The lowest BCUT2D eigenvalue weighted by molar-refractivity contribution is 0.0238. The number of benzene rings is 3. The van der Waals surface area contributed by atoms with E-state index in [2.05, 4.69) is 42.9 Å². The average Bonchev–Trinajstić information content (AvgIpc) is 3.52. The van der Waals surface area contributed by atoms with Crippen LogP contribution in [-0.4, -0.2) is 34.6 Å². The molecule has 7 heteroatoms. The molecule has 1 atom stereocenters. The Morgan fingerprint density at radius 2 is 1.77 bits per heavy atom. The van der Waals surface area contributed by atoms with Gasteiger partial charge in [-0.2, -0.15) is 0 Å². The number of fused-ring (bicyclic) bond motifs is 2. The van der Waals surface area contributed by atoms with E-state index in [4.69, 9.17) is 14.5 Å². The van der Waals surface area contributed by atoms with Crippen LogP contribution in [0.2, 0.25) is 0 Å². The van der Waals surface area contributed by atoms with Crippen LogP contribution in [0.3, 0.4) is 0 Å². The van der Waals surface area contributed by atoms with Crippen LogP contribution in [0.4, 0.5) is 5.69 Å². The van der Waals surface area contributed by atoms with E-state index in [-0.39, 0.29) is 0 Å². The lowest BCUT2D eigenvalue weighted by Crippen LogP contribution is -2.32. The van der Waals surface area contributed by atoms with Crippen LogP contribution in [0.5, 0.6) is 5.75 Å². The number of aromatic nitrogens is 2. The first-order valence-corrected chi connectivity index (χ1v) is 15.0. The summed E-state index contributed by atoms with van der Waals surface area (Å²) in [6.07, 6.45) is 3.39. The van der Waals surface area contributed by atoms with E-state index in [0.717, 1.165) is 53.0 Å². The van der Waals surface area contributed by atoms with Crippen molar-refractivity contribution in [3.63, 3.8) is 0 Å². The number of carbonyl (C=O) groups is 2. The molecule has 44 heavy (non-hydrogen) atoms. The second-order valence-electron chi connectivity index (χ2n) is 10.8. The summed E-state index contributed by atoms with van der Waals surface area (Å²) in [6, 6.07) is 24.4. The first kappa shape index (κ1) is 28.9. The summed E-state index contributed by atoms with van der Waals surface area (Å²) in [6.45, 7) is 14.3. The van der Waals surface area contributed by atoms with E-state index in [9.17, 15) is 9.59 Å². The highest BCUT2D eigenvalue weighted by atomic mass is 16.6. The van der Waals surface area contributed by atoms with Crippen LogP contribution >= 0.6 is 0 Å². The normalized spacial score (nSPS) is 15.6. The zero-order valence-electron chi connectivity index (χ0n) is 25.5. The summed E-state index contributed by atoms with van der Waals surface area (Å²) in [5, 5.41) is 0.934. The number of esters is 2. The number of anilines is 1. The standard InChI is InChI=1S/C37H35N3O4/c1-6-25-16-18-26(19-17-25)35(41)43-32-23-27(39(7-2)8-3)20-21-30(32)37(34-29(36(42)44-37)14-12-22-38-34)33-24(5)40(9-4)31-15-11-10-13-28(31)33/h6,10-23H,1,7-9H2,2-5H3. The molecule has 2 aromatic heterocycles. The predicted octanol–water partition coefficient (Wildman–Crippen LogP) is 7.54. The van der Waals surface area contributed by atoms with Crippen LogP contribution < -0.4 is 9.64 Å². The zero-order chi connectivity index (χ0) is 31.0. The number of nitrogens with zero attached hydrogens (tertiary/aromatic N) is 3. The smallest absolute Gasteiger partial charge is 0.343 e. The second kappa shape index (κ2) is 11.5. The fraction of sp³-hybridized carbons (Fsp3) is 0.216. The van der Waals surface area contributed by atoms with Crippen molar-refractivity contribution in [1.29, 1.82) is 0 Å². The molecule has 0 amide bonds.